The van der Waals surface area contributed by atoms with Crippen LogP contribution in [0.25, 0.3) is 0 Å². The molecule has 4 unspecified atom stereocenters. The van der Waals surface area contributed by atoms with Crippen molar-refractivity contribution < 1.29 is 5.21 Å². The molecule has 1 aliphatic rings. The van der Waals surface area contributed by atoms with E-state index in [1.807, 2.05) is 0 Å². The second-order valence-corrected chi connectivity index (χ2v) is 5.84. The normalized spacial score (nSPS) is 48.2. The second-order valence-electron chi connectivity index (χ2n) is 5.84. The molecule has 2 nitrogen and oxygen atoms in total. The van der Waals surface area contributed by atoms with Crippen LogP contribution in [-0.2, 0) is 0 Å². The van der Waals surface area contributed by atoms with Gasteiger partial charge in [-0.05, 0) is 44.9 Å². The van der Waals surface area contributed by atoms with E-state index in [9.17, 15) is 5.21 Å². The maximum absolute atomic E-state index is 10.5. The molecular formula is C13H27NO. The van der Waals surface area contributed by atoms with E-state index < -0.39 is 0 Å². The lowest BCUT2D eigenvalue weighted by molar-refractivity contribution is -0.279. The molecule has 0 aromatic rings. The van der Waals surface area contributed by atoms with Crippen LogP contribution in [0.4, 0.5) is 0 Å². The molecule has 0 amide bonds. The van der Waals surface area contributed by atoms with Crippen molar-refractivity contribution in [1.29, 1.82) is 0 Å². The Morgan fingerprint density at radius 2 is 1.73 bits per heavy atom. The zero-order valence-corrected chi connectivity index (χ0v) is 11.2. The smallest absolute Gasteiger partial charge is 0.0464 e. The van der Waals surface area contributed by atoms with Crippen molar-refractivity contribution in [1.82, 2.24) is 5.06 Å². The van der Waals surface area contributed by atoms with E-state index in [4.69, 9.17) is 0 Å². The first-order valence-corrected chi connectivity index (χ1v) is 6.31. The summed E-state index contributed by atoms with van der Waals surface area (Å²) in [5.74, 6) is 1.23. The minimum Gasteiger partial charge on any atom is -0.313 e. The third-order valence-electron chi connectivity index (χ3n) is 5.07. The first-order valence-electron chi connectivity index (χ1n) is 6.31. The summed E-state index contributed by atoms with van der Waals surface area (Å²) in [6.45, 7) is 13.3. The molecule has 0 aromatic carbocycles. The highest BCUT2D eigenvalue weighted by Crippen LogP contribution is 2.46. The molecule has 1 saturated heterocycles. The standard InChI is InChI=1S/C13H27NO/c1-7-12(5)9-10(3)11(4)13(6,8-2)14(12)15/h10-11,15H,7-9H2,1-6H3. The summed E-state index contributed by atoms with van der Waals surface area (Å²) < 4.78 is 0. The molecule has 0 aromatic heterocycles. The molecule has 1 N–H and O–H groups in total. The van der Waals surface area contributed by atoms with Gasteiger partial charge in [0.1, 0.15) is 0 Å². The van der Waals surface area contributed by atoms with Crippen molar-refractivity contribution in [2.45, 2.75) is 71.9 Å². The van der Waals surface area contributed by atoms with Crippen LogP contribution in [0, 0.1) is 11.8 Å². The van der Waals surface area contributed by atoms with Crippen molar-refractivity contribution in [2.75, 3.05) is 0 Å². The summed E-state index contributed by atoms with van der Waals surface area (Å²) in [5, 5.41) is 12.1. The summed E-state index contributed by atoms with van der Waals surface area (Å²) in [5.41, 5.74) is -0.112. The lowest BCUT2D eigenvalue weighted by Gasteiger charge is -2.57. The Morgan fingerprint density at radius 3 is 2.13 bits per heavy atom. The molecule has 1 heterocycles. The first kappa shape index (κ1) is 13.0. The van der Waals surface area contributed by atoms with Crippen molar-refractivity contribution in [3.05, 3.63) is 0 Å². The molecule has 15 heavy (non-hydrogen) atoms. The van der Waals surface area contributed by atoms with Gasteiger partial charge < -0.3 is 5.21 Å². The van der Waals surface area contributed by atoms with Gasteiger partial charge in [-0.25, -0.2) is 0 Å². The monoisotopic (exact) mass is 213 g/mol. The molecule has 90 valence electrons. The van der Waals surface area contributed by atoms with Gasteiger partial charge in [0.05, 0.1) is 0 Å². The number of nitrogens with zero attached hydrogens (tertiary/aromatic N) is 1. The molecule has 0 bridgehead atoms. The fraction of sp³-hybridized carbons (Fsp3) is 1.00. The average Bonchev–Trinajstić information content (AvgIpc) is 2.23. The van der Waals surface area contributed by atoms with Crippen LogP contribution in [0.3, 0.4) is 0 Å². The summed E-state index contributed by atoms with van der Waals surface area (Å²) >= 11 is 0. The molecule has 0 aliphatic carbocycles. The molecular weight excluding hydrogens is 186 g/mol. The molecule has 1 aliphatic heterocycles. The highest BCUT2D eigenvalue weighted by atomic mass is 16.5. The van der Waals surface area contributed by atoms with Gasteiger partial charge in [0.2, 0.25) is 0 Å². The van der Waals surface area contributed by atoms with Crippen LogP contribution in [0.15, 0.2) is 0 Å². The van der Waals surface area contributed by atoms with Crippen LogP contribution < -0.4 is 0 Å². The number of piperidine rings is 1. The van der Waals surface area contributed by atoms with E-state index in [0.717, 1.165) is 19.3 Å². The zero-order valence-electron chi connectivity index (χ0n) is 11.2. The van der Waals surface area contributed by atoms with Crippen molar-refractivity contribution in [2.24, 2.45) is 11.8 Å². The quantitative estimate of drug-likeness (QED) is 0.756. The van der Waals surface area contributed by atoms with E-state index in [-0.39, 0.29) is 11.1 Å². The van der Waals surface area contributed by atoms with Gasteiger partial charge in [0.15, 0.2) is 0 Å². The Labute approximate surface area is 94.6 Å². The van der Waals surface area contributed by atoms with Gasteiger partial charge in [0.25, 0.3) is 0 Å². The molecule has 1 fully saturated rings. The topological polar surface area (TPSA) is 23.5 Å². The van der Waals surface area contributed by atoms with Crippen LogP contribution in [0.2, 0.25) is 0 Å². The Kier molecular flexibility index (Phi) is 3.52. The molecule has 0 saturated carbocycles. The summed E-state index contributed by atoms with van der Waals surface area (Å²) in [7, 11) is 0. The number of hydrogen-bond donors (Lipinski definition) is 1. The van der Waals surface area contributed by atoms with E-state index in [0.29, 0.717) is 11.8 Å². The van der Waals surface area contributed by atoms with E-state index in [1.54, 1.807) is 5.06 Å². The molecule has 4 atom stereocenters. The third-order valence-corrected chi connectivity index (χ3v) is 5.07. The Bertz CT molecular complexity index is 231. The zero-order chi connectivity index (χ0) is 11.9. The largest absolute Gasteiger partial charge is 0.313 e. The van der Waals surface area contributed by atoms with Crippen LogP contribution in [0.1, 0.15) is 60.8 Å². The summed E-state index contributed by atoms with van der Waals surface area (Å²) in [4.78, 5) is 0. The highest BCUT2D eigenvalue weighted by molar-refractivity contribution is 5.01. The van der Waals surface area contributed by atoms with Gasteiger partial charge in [-0.1, -0.05) is 27.7 Å². The summed E-state index contributed by atoms with van der Waals surface area (Å²) in [6, 6.07) is 0. The Hall–Kier alpha value is -0.0800. The lowest BCUT2D eigenvalue weighted by Crippen LogP contribution is -2.64. The minimum absolute atomic E-state index is 0.0450. The number of hydroxylamine groups is 2. The highest BCUT2D eigenvalue weighted by Gasteiger charge is 2.51. The summed E-state index contributed by atoms with van der Waals surface area (Å²) in [6.07, 6.45) is 3.11. The average molecular weight is 213 g/mol. The van der Waals surface area contributed by atoms with Gasteiger partial charge in [-0.2, -0.15) is 5.06 Å². The van der Waals surface area contributed by atoms with E-state index >= 15 is 0 Å². The lowest BCUT2D eigenvalue weighted by atomic mass is 9.66. The van der Waals surface area contributed by atoms with Crippen molar-refractivity contribution >= 4 is 0 Å². The predicted molar refractivity (Wildman–Crippen MR) is 64.0 cm³/mol. The van der Waals surface area contributed by atoms with Gasteiger partial charge in [-0.3, -0.25) is 0 Å². The van der Waals surface area contributed by atoms with E-state index in [2.05, 4.69) is 41.5 Å². The van der Waals surface area contributed by atoms with E-state index in [1.165, 1.54) is 0 Å². The first-order chi connectivity index (χ1) is 6.81. The molecule has 0 spiro atoms. The van der Waals surface area contributed by atoms with Gasteiger partial charge in [-0.15, -0.1) is 0 Å². The fourth-order valence-corrected chi connectivity index (χ4v) is 3.15. The molecule has 1 rings (SSSR count). The fourth-order valence-electron chi connectivity index (χ4n) is 3.15. The van der Waals surface area contributed by atoms with Crippen LogP contribution in [-0.4, -0.2) is 21.3 Å². The van der Waals surface area contributed by atoms with Crippen LogP contribution >= 0.6 is 0 Å². The second kappa shape index (κ2) is 4.06. The maximum atomic E-state index is 10.5. The number of rotatable bonds is 2. The minimum atomic E-state index is -0.0670. The maximum Gasteiger partial charge on any atom is 0.0464 e. The molecule has 2 heteroatoms. The number of hydrogen-bond acceptors (Lipinski definition) is 2. The van der Waals surface area contributed by atoms with Crippen LogP contribution in [0.5, 0.6) is 0 Å². The van der Waals surface area contributed by atoms with Crippen molar-refractivity contribution in [3.63, 3.8) is 0 Å². The molecule has 0 radical (unpaired) electrons. The third kappa shape index (κ3) is 1.83. The SMILES string of the molecule is CCC1(C)CC(C)C(C)C(C)(CC)N1O. The predicted octanol–water partition coefficient (Wildman–Crippen LogP) is 3.69. The van der Waals surface area contributed by atoms with Gasteiger partial charge >= 0.3 is 0 Å². The Morgan fingerprint density at radius 1 is 1.20 bits per heavy atom. The Balaban J connectivity index is 3.05. The van der Waals surface area contributed by atoms with Crippen molar-refractivity contribution in [3.8, 4) is 0 Å². The van der Waals surface area contributed by atoms with Gasteiger partial charge in [0, 0.05) is 11.1 Å².